The van der Waals surface area contributed by atoms with E-state index in [1.54, 1.807) is 40.7 Å². The van der Waals surface area contributed by atoms with Crippen molar-refractivity contribution in [2.24, 2.45) is 0 Å². The lowest BCUT2D eigenvalue weighted by atomic mass is 9.98. The summed E-state index contributed by atoms with van der Waals surface area (Å²) in [5.74, 6) is -3.17. The maximum Gasteiger partial charge on any atom is 0.419 e. The van der Waals surface area contributed by atoms with E-state index < -0.39 is 71.6 Å². The van der Waals surface area contributed by atoms with Gasteiger partial charge in [-0.25, -0.2) is 28.8 Å². The lowest BCUT2D eigenvalue weighted by molar-refractivity contribution is -0.150. The fourth-order valence-electron chi connectivity index (χ4n) is 5.36. The summed E-state index contributed by atoms with van der Waals surface area (Å²) in [5, 5.41) is 3.09. The maximum atomic E-state index is 14.1. The minimum atomic E-state index is -4.69. The van der Waals surface area contributed by atoms with E-state index in [1.807, 2.05) is 0 Å². The molecule has 1 aliphatic rings. The van der Waals surface area contributed by atoms with Gasteiger partial charge in [-0.15, -0.1) is 6.58 Å². The van der Waals surface area contributed by atoms with Crippen LogP contribution in [-0.4, -0.2) is 80.7 Å². The first-order chi connectivity index (χ1) is 26.1. The van der Waals surface area contributed by atoms with Crippen molar-refractivity contribution in [3.05, 3.63) is 110 Å². The molecule has 0 aliphatic carbocycles. The van der Waals surface area contributed by atoms with Crippen LogP contribution >= 0.6 is 15.9 Å². The fourth-order valence-corrected chi connectivity index (χ4v) is 5.83. The Hall–Kier alpha value is -5.78. The molecule has 2 heterocycles. The number of fused-ring (bicyclic) bond motifs is 1. The van der Waals surface area contributed by atoms with E-state index in [4.69, 9.17) is 14.2 Å². The number of halogens is 4. The molecule has 18 heteroatoms. The highest BCUT2D eigenvalue weighted by molar-refractivity contribution is 9.10. The molecule has 14 nitrogen and oxygen atoms in total. The zero-order chi connectivity index (χ0) is 41.7. The summed E-state index contributed by atoms with van der Waals surface area (Å²) >= 11 is 2.89. The van der Waals surface area contributed by atoms with Crippen molar-refractivity contribution in [2.45, 2.75) is 71.4 Å². The Morgan fingerprint density at radius 2 is 1.66 bits per heavy atom. The SMILES string of the molecule is C=CC(C)Nc1nc2c(c(=O)n1-c1ccc(C(=O)N(C)C(=O)OCOC(=O)/C=C/C(=O)OC(C)(C)C)cc1)C[C@@H](C)N(C(=O)c1ccc(Br)c(C(F)(F)F)c1)C2. The van der Waals surface area contributed by atoms with E-state index in [0.29, 0.717) is 4.90 Å². The molecule has 298 valence electrons. The normalized spacial score (nSPS) is 14.7. The van der Waals surface area contributed by atoms with Gasteiger partial charge in [0.15, 0.2) is 0 Å². The number of amides is 3. The molecule has 1 N–H and O–H groups in total. The molecule has 1 unspecified atom stereocenters. The molecule has 1 aliphatic heterocycles. The van der Waals surface area contributed by atoms with Gasteiger partial charge >= 0.3 is 24.2 Å². The van der Waals surface area contributed by atoms with Crippen LogP contribution in [0.1, 0.15) is 72.2 Å². The number of benzene rings is 2. The van der Waals surface area contributed by atoms with Gasteiger partial charge in [0.2, 0.25) is 12.7 Å². The van der Waals surface area contributed by atoms with Crippen LogP contribution in [0.3, 0.4) is 0 Å². The van der Waals surface area contributed by atoms with Crippen molar-refractivity contribution >= 4 is 51.7 Å². The number of anilines is 1. The van der Waals surface area contributed by atoms with Gasteiger partial charge in [-0.3, -0.25) is 14.4 Å². The molecule has 2 atom stereocenters. The van der Waals surface area contributed by atoms with Crippen LogP contribution in [0.2, 0.25) is 0 Å². The van der Waals surface area contributed by atoms with Gasteiger partial charge in [0, 0.05) is 52.4 Å². The molecule has 3 amide bonds. The van der Waals surface area contributed by atoms with E-state index in [-0.39, 0.29) is 51.5 Å². The third-order valence-electron chi connectivity index (χ3n) is 8.20. The van der Waals surface area contributed by atoms with E-state index >= 15 is 0 Å². The number of hydrogen-bond acceptors (Lipinski definition) is 11. The third-order valence-corrected chi connectivity index (χ3v) is 8.89. The standard InChI is InChI=1S/C38H39BrF3N5O9/c1-8-21(2)43-35-44-29-19-46(33(51)24-11-14-28(39)27(18-24)38(40,41)42)22(3)17-26(29)34(52)47(35)25-12-9-23(10-13-25)32(50)45(7)36(53)55-20-54-30(48)15-16-31(49)56-37(4,5)6/h8-16,18,21-22H,1,17,19-20H2,2-7H3,(H,43,44)/b16-15+/t21?,22-/m1/s1. The van der Waals surface area contributed by atoms with Crippen molar-refractivity contribution in [1.82, 2.24) is 19.4 Å². The average molecular weight is 847 g/mol. The van der Waals surface area contributed by atoms with E-state index in [0.717, 1.165) is 31.3 Å². The highest BCUT2D eigenvalue weighted by Crippen LogP contribution is 2.36. The number of rotatable bonds is 10. The van der Waals surface area contributed by atoms with Crippen LogP contribution in [0.4, 0.5) is 23.9 Å². The van der Waals surface area contributed by atoms with Crippen LogP contribution in [0.15, 0.2) is 76.5 Å². The van der Waals surface area contributed by atoms with E-state index in [1.165, 1.54) is 39.8 Å². The van der Waals surface area contributed by atoms with Crippen molar-refractivity contribution in [3.63, 3.8) is 0 Å². The Morgan fingerprint density at radius 3 is 2.27 bits per heavy atom. The monoisotopic (exact) mass is 845 g/mol. The number of carbonyl (C=O) groups excluding carboxylic acids is 5. The predicted octanol–water partition coefficient (Wildman–Crippen LogP) is 6.19. The quantitative estimate of drug-likeness (QED) is 0.107. The van der Waals surface area contributed by atoms with Gasteiger partial charge in [-0.2, -0.15) is 13.2 Å². The summed E-state index contributed by atoms with van der Waals surface area (Å²) in [6.07, 6.45) is -2.58. The Balaban J connectivity index is 1.52. The van der Waals surface area contributed by atoms with Crippen LogP contribution in [0.5, 0.6) is 0 Å². The summed E-state index contributed by atoms with van der Waals surface area (Å²) in [5.41, 5.74) is -1.57. The number of aromatic nitrogens is 2. The Kier molecular flexibility index (Phi) is 13.3. The first-order valence-electron chi connectivity index (χ1n) is 17.0. The van der Waals surface area contributed by atoms with E-state index in [2.05, 4.69) is 32.8 Å². The number of hydrogen-bond donors (Lipinski definition) is 1. The minimum Gasteiger partial charge on any atom is -0.457 e. The summed E-state index contributed by atoms with van der Waals surface area (Å²) in [4.78, 5) is 83.5. The fraction of sp³-hybridized carbons (Fsp3) is 0.342. The van der Waals surface area contributed by atoms with Crippen molar-refractivity contribution < 1.29 is 51.4 Å². The topological polar surface area (TPSA) is 166 Å². The van der Waals surface area contributed by atoms with Crippen LogP contribution in [0.25, 0.3) is 5.69 Å². The molecule has 0 spiro atoms. The number of ether oxygens (including phenoxy) is 3. The predicted molar refractivity (Wildman–Crippen MR) is 200 cm³/mol. The second-order valence-corrected chi connectivity index (χ2v) is 14.5. The summed E-state index contributed by atoms with van der Waals surface area (Å²) in [6, 6.07) is 7.89. The molecule has 0 radical (unpaired) electrons. The molecule has 0 saturated carbocycles. The van der Waals surface area contributed by atoms with Crippen molar-refractivity contribution in [2.75, 3.05) is 19.2 Å². The average Bonchev–Trinajstić information content (AvgIpc) is 3.12. The number of esters is 2. The number of alkyl halides is 3. The number of imide groups is 1. The molecule has 4 rings (SSSR count). The van der Waals surface area contributed by atoms with Gasteiger partial charge in [-0.1, -0.05) is 22.0 Å². The van der Waals surface area contributed by atoms with Crippen LogP contribution in [0, 0.1) is 0 Å². The summed E-state index contributed by atoms with van der Waals surface area (Å²) < 4.78 is 56.4. The van der Waals surface area contributed by atoms with Gasteiger partial charge in [0.25, 0.3) is 17.4 Å². The molecule has 56 heavy (non-hydrogen) atoms. The number of carbonyl (C=O) groups is 5. The largest absolute Gasteiger partial charge is 0.457 e. The first kappa shape index (κ1) is 43.0. The van der Waals surface area contributed by atoms with Crippen molar-refractivity contribution in [1.29, 1.82) is 0 Å². The van der Waals surface area contributed by atoms with Crippen LogP contribution in [-0.2, 0) is 42.9 Å². The zero-order valence-corrected chi connectivity index (χ0v) is 32.8. The highest BCUT2D eigenvalue weighted by Gasteiger charge is 2.36. The Morgan fingerprint density at radius 1 is 1.04 bits per heavy atom. The van der Waals surface area contributed by atoms with Gasteiger partial charge in [0.05, 0.1) is 23.5 Å². The summed E-state index contributed by atoms with van der Waals surface area (Å²) in [6.45, 7) is 11.1. The molecule has 0 saturated heterocycles. The smallest absolute Gasteiger partial charge is 0.419 e. The first-order valence-corrected chi connectivity index (χ1v) is 17.7. The molecule has 2 aromatic carbocycles. The molecule has 1 aromatic heterocycles. The van der Waals surface area contributed by atoms with E-state index in [9.17, 15) is 41.9 Å². The Bertz CT molecular complexity index is 2130. The number of nitrogens with one attached hydrogen (secondary N) is 1. The van der Waals surface area contributed by atoms with Gasteiger partial charge in [0.1, 0.15) is 5.60 Å². The lowest BCUT2D eigenvalue weighted by Gasteiger charge is -2.35. The highest BCUT2D eigenvalue weighted by atomic mass is 79.9. The molecular weight excluding hydrogens is 807 g/mol. The molecule has 0 fully saturated rings. The Labute approximate surface area is 328 Å². The summed E-state index contributed by atoms with van der Waals surface area (Å²) in [7, 11) is 1.14. The lowest BCUT2D eigenvalue weighted by Crippen LogP contribution is -2.46. The maximum absolute atomic E-state index is 14.1. The zero-order valence-electron chi connectivity index (χ0n) is 31.2. The second kappa shape index (κ2) is 17.3. The van der Waals surface area contributed by atoms with Gasteiger partial charge in [-0.05, 0) is 83.5 Å². The van der Waals surface area contributed by atoms with Gasteiger partial charge < -0.3 is 24.4 Å². The third kappa shape index (κ3) is 10.5. The van der Waals surface area contributed by atoms with Crippen LogP contribution < -0.4 is 10.9 Å². The minimum absolute atomic E-state index is 0.0304. The molecule has 3 aromatic rings. The second-order valence-electron chi connectivity index (χ2n) is 13.6. The number of nitrogens with zero attached hydrogens (tertiary/aromatic N) is 4. The molecular formula is C38H39BrF3N5O9. The van der Waals surface area contributed by atoms with Crippen molar-refractivity contribution in [3.8, 4) is 5.69 Å². The molecule has 0 bridgehead atoms.